The summed E-state index contributed by atoms with van der Waals surface area (Å²) in [5, 5.41) is 6.23. The van der Waals surface area contributed by atoms with E-state index in [1.54, 1.807) is 0 Å². The van der Waals surface area contributed by atoms with Crippen LogP contribution in [0.3, 0.4) is 0 Å². The van der Waals surface area contributed by atoms with Crippen molar-refractivity contribution in [1.82, 2.24) is 10.2 Å². The summed E-state index contributed by atoms with van der Waals surface area (Å²) in [6, 6.07) is 5.58. The molecule has 1 aromatic carbocycles. The zero-order chi connectivity index (χ0) is 18.5. The molecule has 2 atom stereocenters. The fraction of sp³-hybridized carbons (Fsp3) is 0.600. The Bertz CT molecular complexity index is 662. The van der Waals surface area contributed by atoms with Crippen molar-refractivity contribution in [2.45, 2.75) is 39.2 Å². The van der Waals surface area contributed by atoms with Crippen LogP contribution in [0.4, 0.5) is 5.69 Å². The smallest absolute Gasteiger partial charge is 0.253 e. The third-order valence-corrected chi connectivity index (χ3v) is 5.12. The SMILES string of the molecule is Cc1cc(C(=O)N2CCCC(C)C2)ccc1NC(=O)CC1COCCN1.Cl. The molecule has 2 saturated heterocycles. The monoisotopic (exact) mass is 395 g/mol. The van der Waals surface area contributed by atoms with Gasteiger partial charge in [0.2, 0.25) is 5.91 Å². The minimum Gasteiger partial charge on any atom is -0.378 e. The van der Waals surface area contributed by atoms with Gasteiger partial charge in [-0.15, -0.1) is 12.4 Å². The van der Waals surface area contributed by atoms with Crippen molar-refractivity contribution in [3.05, 3.63) is 29.3 Å². The van der Waals surface area contributed by atoms with Gasteiger partial charge in [0.05, 0.1) is 13.2 Å². The minimum absolute atomic E-state index is 0. The average molecular weight is 396 g/mol. The number of halogens is 1. The average Bonchev–Trinajstić information content (AvgIpc) is 2.63. The van der Waals surface area contributed by atoms with Crippen LogP contribution in [0.1, 0.15) is 42.1 Å². The summed E-state index contributed by atoms with van der Waals surface area (Å²) in [4.78, 5) is 26.9. The van der Waals surface area contributed by atoms with E-state index in [1.165, 1.54) is 6.42 Å². The normalized spacial score (nSPS) is 22.7. The fourth-order valence-corrected chi connectivity index (χ4v) is 3.67. The van der Waals surface area contributed by atoms with Gasteiger partial charge in [0.15, 0.2) is 0 Å². The summed E-state index contributed by atoms with van der Waals surface area (Å²) in [5.41, 5.74) is 2.36. The molecule has 2 N–H and O–H groups in total. The highest BCUT2D eigenvalue weighted by Crippen LogP contribution is 2.21. The van der Waals surface area contributed by atoms with Gasteiger partial charge in [0.1, 0.15) is 0 Å². The maximum atomic E-state index is 12.7. The lowest BCUT2D eigenvalue weighted by Crippen LogP contribution is -2.43. The van der Waals surface area contributed by atoms with Crippen LogP contribution in [0.5, 0.6) is 0 Å². The van der Waals surface area contributed by atoms with E-state index in [1.807, 2.05) is 30.0 Å². The lowest BCUT2D eigenvalue weighted by atomic mass is 9.99. The third kappa shape index (κ3) is 5.92. The summed E-state index contributed by atoms with van der Waals surface area (Å²) in [6.07, 6.45) is 2.64. The van der Waals surface area contributed by atoms with Crippen molar-refractivity contribution in [3.8, 4) is 0 Å². The standard InChI is InChI=1S/C20H29N3O3.ClH/c1-14-4-3-8-23(12-14)20(25)16-5-6-18(15(2)10-16)22-19(24)11-17-13-26-9-7-21-17;/h5-6,10,14,17,21H,3-4,7-9,11-13H2,1-2H3,(H,22,24);1H. The predicted octanol–water partition coefficient (Wildman–Crippen LogP) is 2.61. The maximum absolute atomic E-state index is 12.7. The van der Waals surface area contributed by atoms with E-state index >= 15 is 0 Å². The van der Waals surface area contributed by atoms with Crippen LogP contribution in [-0.4, -0.2) is 55.6 Å². The van der Waals surface area contributed by atoms with E-state index in [0.29, 0.717) is 31.1 Å². The van der Waals surface area contributed by atoms with Gasteiger partial charge in [-0.1, -0.05) is 6.92 Å². The number of carbonyl (C=O) groups excluding carboxylic acids is 2. The van der Waals surface area contributed by atoms with Crippen molar-refractivity contribution >= 4 is 29.9 Å². The Morgan fingerprint density at radius 2 is 2.19 bits per heavy atom. The van der Waals surface area contributed by atoms with Crippen LogP contribution in [0, 0.1) is 12.8 Å². The molecular weight excluding hydrogens is 366 g/mol. The van der Waals surface area contributed by atoms with Gasteiger partial charge in [-0.25, -0.2) is 0 Å². The number of benzene rings is 1. The summed E-state index contributed by atoms with van der Waals surface area (Å²) in [5.74, 6) is 0.603. The number of anilines is 1. The molecule has 0 spiro atoms. The zero-order valence-electron chi connectivity index (χ0n) is 16.1. The Morgan fingerprint density at radius 1 is 1.37 bits per heavy atom. The van der Waals surface area contributed by atoms with Gasteiger partial charge in [0, 0.05) is 43.3 Å². The number of hydrogen-bond donors (Lipinski definition) is 2. The van der Waals surface area contributed by atoms with Crippen LogP contribution in [0.25, 0.3) is 0 Å². The molecule has 0 radical (unpaired) electrons. The molecule has 2 amide bonds. The van der Waals surface area contributed by atoms with Crippen LogP contribution < -0.4 is 10.6 Å². The first-order chi connectivity index (χ1) is 12.5. The Labute approximate surface area is 167 Å². The quantitative estimate of drug-likeness (QED) is 0.822. The van der Waals surface area contributed by atoms with Gasteiger partial charge in [-0.05, 0) is 49.4 Å². The number of amides is 2. The van der Waals surface area contributed by atoms with Gasteiger partial charge in [0.25, 0.3) is 5.91 Å². The predicted molar refractivity (Wildman–Crippen MR) is 109 cm³/mol. The molecule has 150 valence electrons. The second-order valence-corrected chi connectivity index (χ2v) is 7.51. The number of rotatable bonds is 4. The van der Waals surface area contributed by atoms with E-state index in [-0.39, 0.29) is 30.3 Å². The van der Waals surface area contributed by atoms with Crippen molar-refractivity contribution in [2.75, 3.05) is 38.2 Å². The number of nitrogens with zero attached hydrogens (tertiary/aromatic N) is 1. The molecule has 6 nitrogen and oxygen atoms in total. The molecule has 2 unspecified atom stereocenters. The highest BCUT2D eigenvalue weighted by molar-refractivity contribution is 5.96. The molecule has 7 heteroatoms. The van der Waals surface area contributed by atoms with Gasteiger partial charge >= 0.3 is 0 Å². The van der Waals surface area contributed by atoms with E-state index in [2.05, 4.69) is 17.6 Å². The number of nitrogens with one attached hydrogen (secondary N) is 2. The molecule has 2 heterocycles. The number of likely N-dealkylation sites (tertiary alicyclic amines) is 1. The first-order valence-electron chi connectivity index (χ1n) is 9.54. The first kappa shape index (κ1) is 21.7. The molecule has 2 aliphatic rings. The minimum atomic E-state index is -0.0416. The van der Waals surface area contributed by atoms with Crippen LogP contribution >= 0.6 is 12.4 Å². The number of piperidine rings is 1. The number of hydrogen-bond acceptors (Lipinski definition) is 4. The lowest BCUT2D eigenvalue weighted by Gasteiger charge is -2.31. The molecule has 0 aromatic heterocycles. The first-order valence-corrected chi connectivity index (χ1v) is 9.54. The zero-order valence-corrected chi connectivity index (χ0v) is 16.9. The summed E-state index contributed by atoms with van der Waals surface area (Å²) in [7, 11) is 0. The van der Waals surface area contributed by atoms with E-state index < -0.39 is 0 Å². The Morgan fingerprint density at radius 3 is 2.85 bits per heavy atom. The number of carbonyl (C=O) groups is 2. The molecule has 2 aliphatic heterocycles. The molecular formula is C20H30ClN3O3. The van der Waals surface area contributed by atoms with Crippen LogP contribution in [0.15, 0.2) is 18.2 Å². The molecule has 0 saturated carbocycles. The number of morpholine rings is 1. The topological polar surface area (TPSA) is 70.7 Å². The third-order valence-electron chi connectivity index (χ3n) is 5.12. The molecule has 2 fully saturated rings. The molecule has 0 bridgehead atoms. The van der Waals surface area contributed by atoms with Gasteiger partial charge < -0.3 is 20.3 Å². The van der Waals surface area contributed by atoms with Crippen molar-refractivity contribution < 1.29 is 14.3 Å². The molecule has 3 rings (SSSR count). The summed E-state index contributed by atoms with van der Waals surface area (Å²) < 4.78 is 5.38. The van der Waals surface area contributed by atoms with Gasteiger partial charge in [-0.3, -0.25) is 9.59 Å². The fourth-order valence-electron chi connectivity index (χ4n) is 3.67. The molecule has 0 aliphatic carbocycles. The van der Waals surface area contributed by atoms with E-state index in [9.17, 15) is 9.59 Å². The number of ether oxygens (including phenoxy) is 1. The van der Waals surface area contributed by atoms with Gasteiger partial charge in [-0.2, -0.15) is 0 Å². The van der Waals surface area contributed by atoms with Crippen LogP contribution in [-0.2, 0) is 9.53 Å². The van der Waals surface area contributed by atoms with Crippen molar-refractivity contribution in [3.63, 3.8) is 0 Å². The number of aryl methyl sites for hydroxylation is 1. The van der Waals surface area contributed by atoms with E-state index in [0.717, 1.165) is 37.3 Å². The molecule has 1 aromatic rings. The Balaban J connectivity index is 0.00000261. The summed E-state index contributed by atoms with van der Waals surface area (Å²) >= 11 is 0. The Hall–Kier alpha value is -1.63. The maximum Gasteiger partial charge on any atom is 0.253 e. The highest BCUT2D eigenvalue weighted by Gasteiger charge is 2.22. The van der Waals surface area contributed by atoms with Crippen molar-refractivity contribution in [1.29, 1.82) is 0 Å². The largest absolute Gasteiger partial charge is 0.378 e. The second kappa shape index (κ2) is 10.1. The highest BCUT2D eigenvalue weighted by atomic mass is 35.5. The Kier molecular flexibility index (Phi) is 8.07. The second-order valence-electron chi connectivity index (χ2n) is 7.51. The van der Waals surface area contributed by atoms with Crippen molar-refractivity contribution in [2.24, 2.45) is 5.92 Å². The van der Waals surface area contributed by atoms with Crippen LogP contribution in [0.2, 0.25) is 0 Å². The lowest BCUT2D eigenvalue weighted by molar-refractivity contribution is -0.117. The molecule has 27 heavy (non-hydrogen) atoms. The van der Waals surface area contributed by atoms with E-state index in [4.69, 9.17) is 4.74 Å². The summed E-state index contributed by atoms with van der Waals surface area (Å²) in [6.45, 7) is 7.81.